The Morgan fingerprint density at radius 1 is 1.17 bits per heavy atom. The molecule has 0 aromatic rings. The maximum atomic E-state index is 11.1. The van der Waals surface area contributed by atoms with Crippen LogP contribution in [0, 0.1) is 0 Å². The van der Waals surface area contributed by atoms with Gasteiger partial charge in [0.15, 0.2) is 6.29 Å². The molecule has 1 saturated heterocycles. The molecule has 136 valence electrons. The molecule has 1 aliphatic rings. The molecule has 5 atom stereocenters. The summed E-state index contributed by atoms with van der Waals surface area (Å²) in [5.74, 6) is -0.749. The quantitative estimate of drug-likeness (QED) is 0.285. The highest BCUT2D eigenvalue weighted by Gasteiger charge is 2.48. The number of nitrogens with one attached hydrogen (secondary N) is 1. The van der Waals surface area contributed by atoms with E-state index < -0.39 is 64.0 Å². The van der Waals surface area contributed by atoms with E-state index in [2.05, 4.69) is 8.37 Å². The Hall–Kier alpha value is -0.910. The van der Waals surface area contributed by atoms with Crippen molar-refractivity contribution in [3.8, 4) is 0 Å². The van der Waals surface area contributed by atoms with Gasteiger partial charge in [0, 0.05) is 6.92 Å². The van der Waals surface area contributed by atoms with Crippen LogP contribution in [0.25, 0.3) is 0 Å². The molecular formula is C8H15NO12S2. The zero-order valence-electron chi connectivity index (χ0n) is 11.5. The molecule has 1 aliphatic heterocycles. The van der Waals surface area contributed by atoms with E-state index in [1.807, 2.05) is 5.32 Å². The van der Waals surface area contributed by atoms with Crippen LogP contribution < -0.4 is 5.32 Å². The molecule has 5 N–H and O–H groups in total. The van der Waals surface area contributed by atoms with Crippen molar-refractivity contribution in [2.75, 3.05) is 6.61 Å². The Morgan fingerprint density at radius 3 is 2.17 bits per heavy atom. The van der Waals surface area contributed by atoms with Crippen molar-refractivity contribution in [3.63, 3.8) is 0 Å². The second-order valence-corrected chi connectivity index (χ2v) is 6.62. The van der Waals surface area contributed by atoms with Crippen molar-refractivity contribution in [3.05, 3.63) is 0 Å². The van der Waals surface area contributed by atoms with Gasteiger partial charge in [0.05, 0.1) is 6.61 Å². The minimum atomic E-state index is -5.10. The predicted octanol–water partition coefficient (Wildman–Crippen LogP) is -3.42. The summed E-state index contributed by atoms with van der Waals surface area (Å²) in [5.41, 5.74) is 0. The predicted molar refractivity (Wildman–Crippen MR) is 68.4 cm³/mol. The zero-order chi connectivity index (χ0) is 18.0. The third-order valence-corrected chi connectivity index (χ3v) is 3.58. The van der Waals surface area contributed by atoms with Crippen LogP contribution in [-0.4, -0.2) is 79.3 Å². The second-order valence-electron chi connectivity index (χ2n) is 4.48. The van der Waals surface area contributed by atoms with Crippen LogP contribution in [0.3, 0.4) is 0 Å². The van der Waals surface area contributed by atoms with Crippen molar-refractivity contribution in [1.82, 2.24) is 5.32 Å². The van der Waals surface area contributed by atoms with Gasteiger partial charge in [0.2, 0.25) is 5.91 Å². The monoisotopic (exact) mass is 381 g/mol. The van der Waals surface area contributed by atoms with Crippen molar-refractivity contribution in [2.45, 2.75) is 37.6 Å². The van der Waals surface area contributed by atoms with Gasteiger partial charge in [-0.1, -0.05) is 0 Å². The third kappa shape index (κ3) is 6.61. The van der Waals surface area contributed by atoms with Gasteiger partial charge in [-0.05, 0) is 0 Å². The summed E-state index contributed by atoms with van der Waals surface area (Å²) in [5, 5.41) is 21.7. The molecule has 0 aromatic heterocycles. The highest BCUT2D eigenvalue weighted by Crippen LogP contribution is 2.24. The molecule has 0 spiro atoms. The molecule has 0 bridgehead atoms. The lowest BCUT2D eigenvalue weighted by Gasteiger charge is -2.41. The van der Waals surface area contributed by atoms with Crippen molar-refractivity contribution < 1.29 is 54.1 Å². The Balaban J connectivity index is 3.00. The van der Waals surface area contributed by atoms with Gasteiger partial charge in [-0.2, -0.15) is 16.8 Å². The van der Waals surface area contributed by atoms with E-state index in [1.54, 1.807) is 0 Å². The molecule has 1 rings (SSSR count). The molecule has 23 heavy (non-hydrogen) atoms. The fraction of sp³-hybridized carbons (Fsp3) is 0.875. The standard InChI is InChI=1S/C8H15NO12S2/c1-3(10)9-5-7(21-23(16,17)18)6(11)4(20-8(5)12)2-19-22(13,14)15/h4-8,11-12H,2H2,1H3,(H,9,10)(H,13,14,15)(H,16,17,18)/t4?,5?,6-,7-,8?/m0/s1. The second kappa shape index (κ2) is 7.32. The number of amides is 1. The highest BCUT2D eigenvalue weighted by molar-refractivity contribution is 7.81. The van der Waals surface area contributed by atoms with Crippen molar-refractivity contribution in [1.29, 1.82) is 0 Å². The first-order valence-electron chi connectivity index (χ1n) is 5.86. The highest BCUT2D eigenvalue weighted by atomic mass is 32.3. The summed E-state index contributed by atoms with van der Waals surface area (Å²) >= 11 is 0. The molecule has 0 saturated carbocycles. The van der Waals surface area contributed by atoms with Gasteiger partial charge in [-0.3, -0.25) is 13.9 Å². The number of carbonyl (C=O) groups is 1. The van der Waals surface area contributed by atoms with Gasteiger partial charge in [0.25, 0.3) is 0 Å². The fourth-order valence-corrected chi connectivity index (χ4v) is 2.69. The lowest BCUT2D eigenvalue weighted by Crippen LogP contribution is -2.65. The zero-order valence-corrected chi connectivity index (χ0v) is 13.1. The maximum Gasteiger partial charge on any atom is 0.397 e. The van der Waals surface area contributed by atoms with Crippen LogP contribution in [0.4, 0.5) is 0 Å². The Morgan fingerprint density at radius 2 is 1.74 bits per heavy atom. The summed E-state index contributed by atoms with van der Waals surface area (Å²) in [6.45, 7) is 0.00628. The minimum Gasteiger partial charge on any atom is -0.387 e. The van der Waals surface area contributed by atoms with Crippen molar-refractivity contribution >= 4 is 26.7 Å². The molecule has 3 unspecified atom stereocenters. The van der Waals surface area contributed by atoms with Crippen LogP contribution >= 0.6 is 0 Å². The molecule has 1 heterocycles. The average molecular weight is 381 g/mol. The Bertz CT molecular complexity index is 629. The first kappa shape index (κ1) is 20.1. The van der Waals surface area contributed by atoms with E-state index in [1.165, 1.54) is 0 Å². The first-order valence-corrected chi connectivity index (χ1v) is 8.59. The number of carbonyl (C=O) groups excluding carboxylic acids is 1. The number of aliphatic hydroxyl groups excluding tert-OH is 2. The van der Waals surface area contributed by atoms with Crippen LogP contribution in [0.5, 0.6) is 0 Å². The average Bonchev–Trinajstić information content (AvgIpc) is 2.33. The third-order valence-electron chi connectivity index (χ3n) is 2.68. The SMILES string of the molecule is CC(=O)NC1C(O)OC(COS(=O)(=O)O)[C@H](O)[C@H]1OS(=O)(=O)O. The van der Waals surface area contributed by atoms with E-state index in [9.17, 15) is 31.8 Å². The van der Waals surface area contributed by atoms with Crippen LogP contribution in [0.2, 0.25) is 0 Å². The summed E-state index contributed by atoms with van der Waals surface area (Å²) in [6, 6.07) is -1.61. The fourth-order valence-electron chi connectivity index (χ4n) is 1.87. The van der Waals surface area contributed by atoms with E-state index in [4.69, 9.17) is 13.8 Å². The number of aliphatic hydroxyl groups is 2. The normalized spacial score (nSPS) is 32.5. The molecule has 1 fully saturated rings. The number of ether oxygens (including phenoxy) is 1. The first-order chi connectivity index (χ1) is 10.3. The molecule has 0 aliphatic carbocycles. The number of hydrogen-bond donors (Lipinski definition) is 5. The molecule has 1 amide bonds. The van der Waals surface area contributed by atoms with Gasteiger partial charge in [-0.25, -0.2) is 8.37 Å². The van der Waals surface area contributed by atoms with Crippen molar-refractivity contribution in [2.24, 2.45) is 0 Å². The molecule has 15 heteroatoms. The van der Waals surface area contributed by atoms with Gasteiger partial charge >= 0.3 is 20.8 Å². The van der Waals surface area contributed by atoms with Gasteiger partial charge < -0.3 is 20.3 Å². The number of rotatable bonds is 6. The summed E-state index contributed by atoms with van der Waals surface area (Å²) in [7, 11) is -10.0. The lowest BCUT2D eigenvalue weighted by atomic mass is 9.97. The van der Waals surface area contributed by atoms with E-state index in [0.717, 1.165) is 6.92 Å². The summed E-state index contributed by atoms with van der Waals surface area (Å²) in [4.78, 5) is 11.1. The van der Waals surface area contributed by atoms with Crippen LogP contribution in [-0.2, 0) is 38.7 Å². The smallest absolute Gasteiger partial charge is 0.387 e. The molecular weight excluding hydrogens is 366 g/mol. The molecule has 0 radical (unpaired) electrons. The topological polar surface area (TPSA) is 206 Å². The van der Waals surface area contributed by atoms with E-state index in [-0.39, 0.29) is 0 Å². The lowest BCUT2D eigenvalue weighted by molar-refractivity contribution is -0.247. The van der Waals surface area contributed by atoms with Gasteiger partial charge in [-0.15, -0.1) is 0 Å². The molecule has 13 nitrogen and oxygen atoms in total. The van der Waals surface area contributed by atoms with E-state index >= 15 is 0 Å². The van der Waals surface area contributed by atoms with Crippen LogP contribution in [0.15, 0.2) is 0 Å². The molecule has 0 aromatic carbocycles. The maximum absolute atomic E-state index is 11.1. The van der Waals surface area contributed by atoms with Crippen LogP contribution in [0.1, 0.15) is 6.92 Å². The van der Waals surface area contributed by atoms with Gasteiger partial charge in [0.1, 0.15) is 24.4 Å². The largest absolute Gasteiger partial charge is 0.397 e. The Labute approximate surface area is 131 Å². The number of hydrogen-bond acceptors (Lipinski definition) is 10. The Kier molecular flexibility index (Phi) is 6.41. The van der Waals surface area contributed by atoms with E-state index in [0.29, 0.717) is 0 Å². The summed E-state index contributed by atoms with van der Waals surface area (Å²) < 4.78 is 72.7. The summed E-state index contributed by atoms with van der Waals surface area (Å²) in [6.07, 6.45) is -7.49. The minimum absolute atomic E-state index is 0.749.